The fraction of sp³-hybridized carbons (Fsp3) is 0.0698. The highest BCUT2D eigenvalue weighted by atomic mass is 14.3. The molecular formula is C129H98. The molecule has 0 saturated heterocycles. The molecule has 0 aromatic heterocycles. The van der Waals surface area contributed by atoms with Crippen LogP contribution in [0.3, 0.4) is 0 Å². The molecule has 23 aromatic rings. The van der Waals surface area contributed by atoms with E-state index in [1.165, 1.54) is 236 Å². The fourth-order valence-electron chi connectivity index (χ4n) is 19.9. The van der Waals surface area contributed by atoms with E-state index in [1.807, 2.05) is 0 Å². The summed E-state index contributed by atoms with van der Waals surface area (Å²) in [4.78, 5) is 0. The lowest BCUT2D eigenvalue weighted by molar-refractivity contribution is 0.591. The number of hydrogen-bond donors (Lipinski definition) is 0. The van der Waals surface area contributed by atoms with E-state index >= 15 is 0 Å². The predicted octanol–water partition coefficient (Wildman–Crippen LogP) is 36.7. The van der Waals surface area contributed by atoms with E-state index in [9.17, 15) is 0 Å². The molecule has 129 heavy (non-hydrogen) atoms. The Kier molecular flexibility index (Phi) is 21.3. The maximum absolute atomic E-state index is 2.45. The van der Waals surface area contributed by atoms with Crippen LogP contribution in [0.2, 0.25) is 0 Å². The minimum atomic E-state index is 0.0295. The van der Waals surface area contributed by atoms with Crippen molar-refractivity contribution in [2.75, 3.05) is 0 Å². The van der Waals surface area contributed by atoms with Crippen molar-refractivity contribution in [2.45, 2.75) is 59.3 Å². The second kappa shape index (κ2) is 34.0. The first kappa shape index (κ1) is 80.5. The van der Waals surface area contributed by atoms with Gasteiger partial charge in [0.05, 0.1) is 0 Å². The first-order valence-corrected chi connectivity index (χ1v) is 45.2. The van der Waals surface area contributed by atoms with E-state index in [0.717, 1.165) is 0 Å². The Morgan fingerprint density at radius 3 is 0.705 bits per heavy atom. The van der Waals surface area contributed by atoms with Crippen molar-refractivity contribution >= 4 is 97.0 Å². The summed E-state index contributed by atoms with van der Waals surface area (Å²) in [5, 5.41) is 23.0. The number of rotatable bonds is 11. The highest BCUT2D eigenvalue weighted by Crippen LogP contribution is 2.51. The van der Waals surface area contributed by atoms with Crippen LogP contribution in [-0.2, 0) is 10.8 Å². The second-order valence-corrected chi connectivity index (χ2v) is 36.6. The lowest BCUT2D eigenvalue weighted by atomic mass is 9.81. The Hall–Kier alpha value is -15.6. The van der Waals surface area contributed by atoms with Gasteiger partial charge in [-0.25, -0.2) is 0 Å². The van der Waals surface area contributed by atoms with Crippen LogP contribution < -0.4 is 0 Å². The first-order chi connectivity index (χ1) is 63.2. The highest BCUT2D eigenvalue weighted by Gasteiger charge is 2.26. The SMILES string of the molecule is CC(C)(C)c1ccc2c(-c3cccc(-c4ccccc4)c3)c3ccccc3c(-c3ccc4ccccc4c3)c2c1.CC(C)(C)c1ccc2c(-c3cccc(-c4ccccc4-c4ccccc4)c3)c3ccccc3c(-c3ccc4ccccc4c3)c2c1.Cc1ccc2c(-c3cccc(-c4ccccc4-c4ccccc4)c3)c3ccccc3c(-c3ccc4ccccc4c3)c2c1. The van der Waals surface area contributed by atoms with Crippen molar-refractivity contribution in [3.05, 3.63) is 484 Å². The molecule has 0 spiro atoms. The summed E-state index contributed by atoms with van der Waals surface area (Å²) in [7, 11) is 0. The number of hydrogen-bond acceptors (Lipinski definition) is 0. The Balaban J connectivity index is 0.000000118. The summed E-state index contributed by atoms with van der Waals surface area (Å²) in [5.74, 6) is 0. The standard InChI is InChI=1S/C46H36.C43H30.C40H32/c1-46(2,3)37-26-27-42-43(30-37)45(36-25-24-31-14-7-8-17-33(31)28-36)41-23-12-11-22-40(41)44(42)35-19-13-18-34(29-35)39-21-10-9-20-38(39)32-15-5-4-6-16-32;1-29-22-25-40-41(26-29)43(35-24-23-30-12-5-6-15-32(30)27-35)39-21-10-9-20-38(39)42(40)34-17-11-16-33(28-34)37-19-8-7-18-36(37)31-13-3-2-4-14-31;1-40(2,3)33-22-23-36-37(26-33)39(32-21-20-28-14-7-8-15-29(28)25-32)35-19-10-9-18-34(35)38(36)31-17-11-16-30(24-31)27-12-5-4-6-13-27/h4-30H,1-3H3;2-28H,1H3;4-26H,1-3H3. The van der Waals surface area contributed by atoms with E-state index in [2.05, 4.69) is 516 Å². The molecular weight excluding hydrogens is 1550 g/mol. The Bertz CT molecular complexity index is 8230. The van der Waals surface area contributed by atoms with Gasteiger partial charge in [-0.15, -0.1) is 0 Å². The third-order valence-electron chi connectivity index (χ3n) is 26.3. The molecule has 0 amide bonds. The van der Waals surface area contributed by atoms with Crippen molar-refractivity contribution in [2.24, 2.45) is 0 Å². The molecule has 0 saturated carbocycles. The van der Waals surface area contributed by atoms with E-state index < -0.39 is 0 Å². The van der Waals surface area contributed by atoms with Crippen LogP contribution in [0.5, 0.6) is 0 Å². The molecule has 614 valence electrons. The van der Waals surface area contributed by atoms with Crippen LogP contribution in [0.1, 0.15) is 58.2 Å². The molecule has 0 unspecified atom stereocenters. The van der Waals surface area contributed by atoms with Gasteiger partial charge in [0.2, 0.25) is 0 Å². The maximum Gasteiger partial charge on any atom is -0.00260 e. The molecule has 0 nitrogen and oxygen atoms in total. The smallest absolute Gasteiger partial charge is 0.00260 e. The zero-order valence-electron chi connectivity index (χ0n) is 74.0. The van der Waals surface area contributed by atoms with Gasteiger partial charge >= 0.3 is 0 Å². The Morgan fingerprint density at radius 1 is 0.132 bits per heavy atom. The van der Waals surface area contributed by atoms with Gasteiger partial charge in [-0.2, -0.15) is 0 Å². The van der Waals surface area contributed by atoms with Gasteiger partial charge in [-0.1, -0.05) is 466 Å². The number of fused-ring (bicyclic) bond motifs is 9. The van der Waals surface area contributed by atoms with Crippen LogP contribution in [-0.4, -0.2) is 0 Å². The van der Waals surface area contributed by atoms with Gasteiger partial charge in [-0.05, 0) is 297 Å². The summed E-state index contributed by atoms with van der Waals surface area (Å²) in [6.45, 7) is 16.0. The summed E-state index contributed by atoms with van der Waals surface area (Å²) in [6, 6.07) is 171. The van der Waals surface area contributed by atoms with Gasteiger partial charge in [0.25, 0.3) is 0 Å². The molecule has 0 atom stereocenters. The van der Waals surface area contributed by atoms with Crippen LogP contribution >= 0.6 is 0 Å². The van der Waals surface area contributed by atoms with Gasteiger partial charge in [0, 0.05) is 0 Å². The summed E-state index contributed by atoms with van der Waals surface area (Å²) >= 11 is 0. The molecule has 0 aliphatic rings. The molecule has 0 radical (unpaired) electrons. The third-order valence-corrected chi connectivity index (χ3v) is 26.3. The minimum Gasteiger partial charge on any atom is -0.0622 e. The lowest BCUT2D eigenvalue weighted by Gasteiger charge is -2.23. The topological polar surface area (TPSA) is 0 Å². The summed E-state index contributed by atoms with van der Waals surface area (Å²) in [5.41, 5.74) is 31.7. The molecule has 0 aliphatic heterocycles. The third kappa shape index (κ3) is 15.6. The minimum absolute atomic E-state index is 0.0295. The van der Waals surface area contributed by atoms with E-state index in [0.29, 0.717) is 0 Å². The lowest BCUT2D eigenvalue weighted by Crippen LogP contribution is -2.10. The van der Waals surface area contributed by atoms with E-state index in [-0.39, 0.29) is 10.8 Å². The van der Waals surface area contributed by atoms with Crippen molar-refractivity contribution in [1.82, 2.24) is 0 Å². The van der Waals surface area contributed by atoms with Crippen molar-refractivity contribution in [1.29, 1.82) is 0 Å². The summed E-state index contributed by atoms with van der Waals surface area (Å²) < 4.78 is 0. The van der Waals surface area contributed by atoms with Crippen LogP contribution in [0.25, 0.3) is 219 Å². The Morgan fingerprint density at radius 2 is 0.364 bits per heavy atom. The van der Waals surface area contributed by atoms with Gasteiger partial charge in [0.1, 0.15) is 0 Å². The Labute approximate surface area is 757 Å². The monoisotopic (exact) mass is 1650 g/mol. The number of benzene rings is 23. The van der Waals surface area contributed by atoms with Gasteiger partial charge in [-0.3, -0.25) is 0 Å². The largest absolute Gasteiger partial charge is 0.0622 e. The number of aryl methyl sites for hydroxylation is 1. The average Bonchev–Trinajstić information content (AvgIpc) is 0.735. The van der Waals surface area contributed by atoms with Crippen molar-refractivity contribution in [3.8, 4) is 122 Å². The molecule has 0 heteroatoms. The fourth-order valence-corrected chi connectivity index (χ4v) is 19.9. The zero-order valence-corrected chi connectivity index (χ0v) is 74.0. The summed E-state index contributed by atoms with van der Waals surface area (Å²) in [6.07, 6.45) is 0. The molecule has 0 heterocycles. The van der Waals surface area contributed by atoms with E-state index in [4.69, 9.17) is 0 Å². The molecule has 0 fully saturated rings. The predicted molar refractivity (Wildman–Crippen MR) is 559 cm³/mol. The zero-order chi connectivity index (χ0) is 87.3. The van der Waals surface area contributed by atoms with E-state index in [1.54, 1.807) is 0 Å². The normalized spacial score (nSPS) is 11.7. The van der Waals surface area contributed by atoms with Crippen LogP contribution in [0.15, 0.2) is 467 Å². The second-order valence-electron chi connectivity index (χ2n) is 36.6. The molecule has 0 bridgehead atoms. The van der Waals surface area contributed by atoms with Crippen molar-refractivity contribution < 1.29 is 0 Å². The first-order valence-electron chi connectivity index (χ1n) is 45.2. The highest BCUT2D eigenvalue weighted by molar-refractivity contribution is 6.25. The average molecular weight is 1650 g/mol. The van der Waals surface area contributed by atoms with Crippen molar-refractivity contribution in [3.63, 3.8) is 0 Å². The van der Waals surface area contributed by atoms with Gasteiger partial charge < -0.3 is 0 Å². The molecule has 0 aliphatic carbocycles. The van der Waals surface area contributed by atoms with Crippen LogP contribution in [0.4, 0.5) is 0 Å². The molecule has 0 N–H and O–H groups in total. The molecule has 23 aromatic carbocycles. The quantitative estimate of drug-likeness (QED) is 0.113. The maximum atomic E-state index is 2.45. The molecule has 23 rings (SSSR count). The van der Waals surface area contributed by atoms with Gasteiger partial charge in [0.15, 0.2) is 0 Å². The van der Waals surface area contributed by atoms with Crippen LogP contribution in [0, 0.1) is 6.92 Å².